The van der Waals surface area contributed by atoms with Crippen molar-refractivity contribution < 1.29 is 27.1 Å². The van der Waals surface area contributed by atoms with E-state index < -0.39 is 6.36 Å². The summed E-state index contributed by atoms with van der Waals surface area (Å²) in [6, 6.07) is 9.33. The van der Waals surface area contributed by atoms with Crippen LogP contribution in [-0.4, -0.2) is 29.2 Å². The molecule has 1 fully saturated rings. The average molecular weight is 392 g/mol. The maximum atomic E-state index is 12.7. The molecule has 0 unspecified atom stereocenters. The molecule has 8 heteroatoms. The third kappa shape index (κ3) is 3.85. The van der Waals surface area contributed by atoms with Gasteiger partial charge in [0.1, 0.15) is 23.0 Å². The number of benzene rings is 1. The van der Waals surface area contributed by atoms with Crippen molar-refractivity contribution in [2.24, 2.45) is 5.92 Å². The van der Waals surface area contributed by atoms with Crippen LogP contribution in [0.3, 0.4) is 0 Å². The summed E-state index contributed by atoms with van der Waals surface area (Å²) in [7, 11) is 1.65. The fraction of sp³-hybridized carbons (Fsp3) is 0.350. The van der Waals surface area contributed by atoms with Gasteiger partial charge in [-0.3, -0.25) is 4.79 Å². The molecular formula is C20H19F3N2O3. The molecule has 28 heavy (non-hydrogen) atoms. The van der Waals surface area contributed by atoms with Gasteiger partial charge in [0.05, 0.1) is 6.54 Å². The molecule has 0 aliphatic heterocycles. The summed E-state index contributed by atoms with van der Waals surface area (Å²) < 4.78 is 46.8. The maximum absolute atomic E-state index is 12.7. The fourth-order valence-electron chi connectivity index (χ4n) is 3.33. The summed E-state index contributed by atoms with van der Waals surface area (Å²) in [5.74, 6) is 2.12. The second-order valence-electron chi connectivity index (χ2n) is 7.26. The van der Waals surface area contributed by atoms with Crippen LogP contribution >= 0.6 is 0 Å². The first-order chi connectivity index (χ1) is 13.2. The first kappa shape index (κ1) is 18.5. The highest BCUT2D eigenvalue weighted by Gasteiger charge is 2.36. The summed E-state index contributed by atoms with van der Waals surface area (Å²) >= 11 is 0. The molecule has 2 atom stereocenters. The van der Waals surface area contributed by atoms with Gasteiger partial charge in [-0.15, -0.1) is 13.2 Å². The molecular weight excluding hydrogens is 373 g/mol. The molecule has 1 amide bonds. The highest BCUT2D eigenvalue weighted by Crippen LogP contribution is 2.47. The Bertz CT molecular complexity index is 1020. The number of carbonyl (C=O) groups excluding carboxylic acids is 1. The van der Waals surface area contributed by atoms with Crippen molar-refractivity contribution in [2.45, 2.75) is 32.2 Å². The summed E-state index contributed by atoms with van der Waals surface area (Å²) in [6.45, 7) is 2.47. The number of ether oxygens (including phenoxy) is 1. The van der Waals surface area contributed by atoms with Gasteiger partial charge in [0.2, 0.25) is 0 Å². The number of hydrogen-bond donors (Lipinski definition) is 1. The number of furan rings is 1. The normalized spacial score (nSPS) is 19.0. The van der Waals surface area contributed by atoms with Crippen LogP contribution in [0.15, 0.2) is 40.8 Å². The molecule has 1 saturated carbocycles. The van der Waals surface area contributed by atoms with E-state index >= 15 is 0 Å². The summed E-state index contributed by atoms with van der Waals surface area (Å²) in [4.78, 5) is 17.0. The number of rotatable bonds is 5. The number of fused-ring (bicyclic) bond motifs is 1. The van der Waals surface area contributed by atoms with Crippen LogP contribution in [0.5, 0.6) is 5.75 Å². The third-order valence-corrected chi connectivity index (χ3v) is 4.95. The Labute approximate surface area is 159 Å². The highest BCUT2D eigenvalue weighted by molar-refractivity contribution is 5.98. The largest absolute Gasteiger partial charge is 0.573 e. The summed E-state index contributed by atoms with van der Waals surface area (Å²) in [5.41, 5.74) is 0.672. The Morgan fingerprint density at radius 2 is 2.04 bits per heavy atom. The van der Waals surface area contributed by atoms with Gasteiger partial charge >= 0.3 is 6.36 Å². The summed E-state index contributed by atoms with van der Waals surface area (Å²) in [6.07, 6.45) is -3.64. The Balaban J connectivity index is 1.47. The van der Waals surface area contributed by atoms with E-state index in [2.05, 4.69) is 16.6 Å². The van der Waals surface area contributed by atoms with Gasteiger partial charge in [-0.05, 0) is 42.7 Å². The second-order valence-corrected chi connectivity index (χ2v) is 7.26. The molecule has 1 aliphatic carbocycles. The Hall–Kier alpha value is -2.90. The van der Waals surface area contributed by atoms with E-state index in [1.807, 2.05) is 12.1 Å². The number of nitrogens with one attached hydrogen (secondary N) is 1. The van der Waals surface area contributed by atoms with Gasteiger partial charge < -0.3 is 19.0 Å². The minimum Gasteiger partial charge on any atom is -0.464 e. The molecule has 0 spiro atoms. The van der Waals surface area contributed by atoms with Gasteiger partial charge in [0.25, 0.3) is 5.91 Å². The molecule has 0 bridgehead atoms. The highest BCUT2D eigenvalue weighted by atomic mass is 19.4. The van der Waals surface area contributed by atoms with Crippen molar-refractivity contribution in [1.29, 1.82) is 0 Å². The first-order valence-electron chi connectivity index (χ1n) is 8.92. The lowest BCUT2D eigenvalue weighted by Crippen LogP contribution is -2.26. The zero-order valence-electron chi connectivity index (χ0n) is 15.3. The average Bonchev–Trinajstić information content (AvgIpc) is 3.02. The third-order valence-electron chi connectivity index (χ3n) is 4.95. The van der Waals surface area contributed by atoms with Crippen molar-refractivity contribution >= 4 is 16.8 Å². The standard InChI is InChI=1S/C20H19F3N2O3/c1-11-7-15(11)18-6-5-14(27-18)10-25(2)19(26)17-8-12-3-4-13(9-16(12)24-17)28-20(21,22)23/h3-6,8-9,11,15,24H,7,10H2,1-2H3/t11-,15-/m1/s1. The Morgan fingerprint density at radius 1 is 1.29 bits per heavy atom. The van der Waals surface area contributed by atoms with E-state index in [0.29, 0.717) is 35.0 Å². The second kappa shape index (κ2) is 6.61. The molecule has 0 radical (unpaired) electrons. The van der Waals surface area contributed by atoms with Crippen LogP contribution in [0.4, 0.5) is 13.2 Å². The number of nitrogens with zero attached hydrogens (tertiary/aromatic N) is 1. The number of amides is 1. The smallest absolute Gasteiger partial charge is 0.464 e. The number of carbonyl (C=O) groups is 1. The van der Waals surface area contributed by atoms with Crippen LogP contribution in [0, 0.1) is 5.92 Å². The van der Waals surface area contributed by atoms with Gasteiger partial charge in [0, 0.05) is 29.9 Å². The molecule has 1 N–H and O–H groups in total. The summed E-state index contributed by atoms with van der Waals surface area (Å²) in [5, 5.41) is 0.620. The van der Waals surface area contributed by atoms with Crippen molar-refractivity contribution in [3.05, 3.63) is 53.6 Å². The zero-order valence-corrected chi connectivity index (χ0v) is 15.3. The van der Waals surface area contributed by atoms with Crippen molar-refractivity contribution in [3.8, 4) is 5.75 Å². The number of aromatic nitrogens is 1. The number of aromatic amines is 1. The molecule has 2 heterocycles. The van der Waals surface area contributed by atoms with Crippen LogP contribution in [0.2, 0.25) is 0 Å². The van der Waals surface area contributed by atoms with Crippen molar-refractivity contribution in [3.63, 3.8) is 0 Å². The predicted molar refractivity (Wildman–Crippen MR) is 96.0 cm³/mol. The fourth-order valence-corrected chi connectivity index (χ4v) is 3.33. The number of H-pyrrole nitrogens is 1. The SMILES string of the molecule is C[C@@H]1C[C@H]1c1ccc(CN(C)C(=O)c2cc3ccc(OC(F)(F)F)cc3[nH]2)o1. The maximum Gasteiger partial charge on any atom is 0.573 e. The van der Waals surface area contributed by atoms with Crippen LogP contribution in [0.25, 0.3) is 10.9 Å². The first-order valence-corrected chi connectivity index (χ1v) is 8.92. The topological polar surface area (TPSA) is 58.5 Å². The predicted octanol–water partition coefficient (Wildman–Crippen LogP) is 5.06. The van der Waals surface area contributed by atoms with E-state index in [4.69, 9.17) is 4.42 Å². The quantitative estimate of drug-likeness (QED) is 0.661. The molecule has 4 rings (SSSR count). The lowest BCUT2D eigenvalue weighted by Gasteiger charge is -2.14. The Morgan fingerprint density at radius 3 is 2.71 bits per heavy atom. The number of hydrogen-bond acceptors (Lipinski definition) is 3. The van der Waals surface area contributed by atoms with Crippen LogP contribution < -0.4 is 4.74 Å². The van der Waals surface area contributed by atoms with E-state index in [-0.39, 0.29) is 17.4 Å². The minimum atomic E-state index is -4.76. The van der Waals surface area contributed by atoms with Gasteiger partial charge in [-0.2, -0.15) is 0 Å². The zero-order chi connectivity index (χ0) is 20.1. The molecule has 148 valence electrons. The molecule has 3 aromatic rings. The molecule has 1 aliphatic rings. The van der Waals surface area contributed by atoms with E-state index in [1.54, 1.807) is 13.1 Å². The molecule has 2 aromatic heterocycles. The number of alkyl halides is 3. The lowest BCUT2D eigenvalue weighted by atomic mass is 10.2. The minimum absolute atomic E-state index is 0.282. The van der Waals surface area contributed by atoms with Gasteiger partial charge in [-0.1, -0.05) is 6.92 Å². The number of halogens is 3. The van der Waals surface area contributed by atoms with Crippen LogP contribution in [-0.2, 0) is 6.54 Å². The van der Waals surface area contributed by atoms with E-state index in [1.165, 1.54) is 23.1 Å². The van der Waals surface area contributed by atoms with Crippen molar-refractivity contribution in [2.75, 3.05) is 7.05 Å². The monoisotopic (exact) mass is 392 g/mol. The van der Waals surface area contributed by atoms with Crippen molar-refractivity contribution in [1.82, 2.24) is 9.88 Å². The Kier molecular flexibility index (Phi) is 4.36. The molecule has 0 saturated heterocycles. The molecule has 5 nitrogen and oxygen atoms in total. The van der Waals surface area contributed by atoms with E-state index in [9.17, 15) is 18.0 Å². The van der Waals surface area contributed by atoms with E-state index in [0.717, 1.165) is 12.2 Å². The van der Waals surface area contributed by atoms with Crippen LogP contribution in [0.1, 0.15) is 41.3 Å². The van der Waals surface area contributed by atoms with Gasteiger partial charge in [0.15, 0.2) is 0 Å². The molecule has 1 aromatic carbocycles. The van der Waals surface area contributed by atoms with Gasteiger partial charge in [-0.25, -0.2) is 0 Å². The lowest BCUT2D eigenvalue weighted by molar-refractivity contribution is -0.274.